The second-order valence-electron chi connectivity index (χ2n) is 7.50. The molecule has 0 fully saturated rings. The number of amides is 1. The zero-order chi connectivity index (χ0) is 21.1. The number of anilines is 1. The van der Waals surface area contributed by atoms with Gasteiger partial charge in [0.15, 0.2) is 0 Å². The van der Waals surface area contributed by atoms with E-state index in [0.29, 0.717) is 23.2 Å². The summed E-state index contributed by atoms with van der Waals surface area (Å²) < 4.78 is 7.19. The molecule has 0 saturated carbocycles. The molecule has 0 atom stereocenters. The predicted octanol–water partition coefficient (Wildman–Crippen LogP) is 4.16. The Kier molecular flexibility index (Phi) is 5.65. The normalized spacial score (nSPS) is 12.6. The molecule has 1 aromatic heterocycles. The van der Waals surface area contributed by atoms with Gasteiger partial charge in [-0.15, -0.1) is 0 Å². The summed E-state index contributed by atoms with van der Waals surface area (Å²) in [6.07, 6.45) is 5.35. The highest BCUT2D eigenvalue weighted by Gasteiger charge is 2.19. The molecule has 1 N–H and O–H groups in total. The fourth-order valence-electron chi connectivity index (χ4n) is 3.80. The van der Waals surface area contributed by atoms with Gasteiger partial charge >= 0.3 is 5.97 Å². The number of hydrogen-bond donors (Lipinski definition) is 1. The van der Waals surface area contributed by atoms with Crippen molar-refractivity contribution in [2.75, 3.05) is 11.9 Å². The summed E-state index contributed by atoms with van der Waals surface area (Å²) in [6, 6.07) is 12.2. The highest BCUT2D eigenvalue weighted by Crippen LogP contribution is 2.23. The van der Waals surface area contributed by atoms with Crippen molar-refractivity contribution < 1.29 is 14.3 Å². The summed E-state index contributed by atoms with van der Waals surface area (Å²) in [5.74, 6) is -0.844. The maximum Gasteiger partial charge on any atom is 0.338 e. The van der Waals surface area contributed by atoms with Crippen molar-refractivity contribution in [2.45, 2.75) is 39.2 Å². The van der Waals surface area contributed by atoms with Gasteiger partial charge in [-0.2, -0.15) is 0 Å². The maximum absolute atomic E-state index is 12.9. The van der Waals surface area contributed by atoms with Crippen LogP contribution in [0.1, 0.15) is 52.5 Å². The molecule has 6 heteroatoms. The number of pyridine rings is 1. The largest absolute Gasteiger partial charge is 0.462 e. The Bertz CT molecular complexity index is 1160. The number of unbranched alkanes of at least 4 members (excludes halogenated alkanes) is 1. The van der Waals surface area contributed by atoms with Gasteiger partial charge in [0.2, 0.25) is 5.43 Å². The van der Waals surface area contributed by atoms with Crippen LogP contribution in [0.3, 0.4) is 0 Å². The number of hydrogen-bond acceptors (Lipinski definition) is 4. The van der Waals surface area contributed by atoms with Gasteiger partial charge in [-0.25, -0.2) is 4.79 Å². The highest BCUT2D eigenvalue weighted by molar-refractivity contribution is 6.06. The number of esters is 1. The fourth-order valence-corrected chi connectivity index (χ4v) is 3.80. The summed E-state index contributed by atoms with van der Waals surface area (Å²) in [7, 11) is 0. The van der Waals surface area contributed by atoms with Gasteiger partial charge in [-0.1, -0.05) is 25.5 Å². The predicted molar refractivity (Wildman–Crippen MR) is 116 cm³/mol. The highest BCUT2D eigenvalue weighted by atomic mass is 16.5. The van der Waals surface area contributed by atoms with Crippen molar-refractivity contribution in [1.29, 1.82) is 0 Å². The number of carbonyl (C=O) groups is 2. The Morgan fingerprint density at radius 2 is 1.93 bits per heavy atom. The minimum atomic E-state index is -0.458. The molecule has 0 unspecified atom stereocenters. The van der Waals surface area contributed by atoms with Crippen molar-refractivity contribution >= 4 is 28.5 Å². The molecule has 0 aliphatic carbocycles. The molecule has 1 amide bonds. The fraction of sp³-hybridized carbons (Fsp3) is 0.292. The minimum absolute atomic E-state index is 0.115. The van der Waals surface area contributed by atoms with Crippen LogP contribution in [0.2, 0.25) is 0 Å². The molecule has 1 aliphatic rings. The van der Waals surface area contributed by atoms with E-state index >= 15 is 0 Å². The lowest BCUT2D eigenvalue weighted by molar-refractivity contribution is 0.0499. The van der Waals surface area contributed by atoms with Crippen molar-refractivity contribution in [1.82, 2.24) is 4.57 Å². The van der Waals surface area contributed by atoms with Crippen molar-refractivity contribution in [2.24, 2.45) is 0 Å². The molecule has 2 heterocycles. The smallest absolute Gasteiger partial charge is 0.338 e. The monoisotopic (exact) mass is 404 g/mol. The second-order valence-corrected chi connectivity index (χ2v) is 7.50. The second kappa shape index (κ2) is 8.53. The van der Waals surface area contributed by atoms with Crippen LogP contribution in [0.25, 0.3) is 10.9 Å². The first kappa shape index (κ1) is 19.9. The molecule has 3 aromatic rings. The van der Waals surface area contributed by atoms with E-state index in [1.165, 1.54) is 0 Å². The average Bonchev–Trinajstić information content (AvgIpc) is 2.76. The van der Waals surface area contributed by atoms with Crippen LogP contribution in [0.15, 0.2) is 53.5 Å². The number of benzene rings is 2. The minimum Gasteiger partial charge on any atom is -0.462 e. The van der Waals surface area contributed by atoms with Crippen LogP contribution in [-0.2, 0) is 17.7 Å². The van der Waals surface area contributed by atoms with Gasteiger partial charge in [0.1, 0.15) is 5.56 Å². The maximum atomic E-state index is 12.9. The zero-order valence-corrected chi connectivity index (χ0v) is 16.9. The third-order valence-electron chi connectivity index (χ3n) is 5.38. The van der Waals surface area contributed by atoms with Crippen LogP contribution < -0.4 is 10.7 Å². The van der Waals surface area contributed by atoms with Crippen molar-refractivity contribution in [3.8, 4) is 0 Å². The van der Waals surface area contributed by atoms with Crippen molar-refractivity contribution in [3.05, 3.63) is 75.6 Å². The number of aromatic nitrogens is 1. The standard InChI is InChI=1S/C24H24N2O4/c1-2-3-14-30-24(29)17-9-11-18(12-10-17)25-23(28)20-15-26-13-5-7-16-6-4-8-19(21(16)26)22(20)27/h4,6,8-12,15H,2-3,5,7,13-14H2,1H3,(H,25,28). The molecule has 0 spiro atoms. The van der Waals surface area contributed by atoms with E-state index in [4.69, 9.17) is 4.74 Å². The lowest BCUT2D eigenvalue weighted by Gasteiger charge is -2.20. The van der Waals surface area contributed by atoms with Gasteiger partial charge in [0.25, 0.3) is 5.91 Å². The van der Waals surface area contributed by atoms with E-state index in [9.17, 15) is 14.4 Å². The van der Waals surface area contributed by atoms with E-state index in [-0.39, 0.29) is 17.0 Å². The zero-order valence-electron chi connectivity index (χ0n) is 16.9. The number of ether oxygens (including phenoxy) is 1. The van der Waals surface area contributed by atoms with E-state index in [0.717, 1.165) is 43.3 Å². The van der Waals surface area contributed by atoms with E-state index in [2.05, 4.69) is 5.32 Å². The molecule has 0 bridgehead atoms. The number of nitrogens with one attached hydrogen (secondary N) is 1. The molecule has 154 valence electrons. The summed E-state index contributed by atoms with van der Waals surface area (Å²) >= 11 is 0. The summed E-state index contributed by atoms with van der Waals surface area (Å²) in [6.45, 7) is 3.20. The lowest BCUT2D eigenvalue weighted by Crippen LogP contribution is -2.25. The van der Waals surface area contributed by atoms with Crippen LogP contribution in [0, 0.1) is 0 Å². The van der Waals surface area contributed by atoms with Gasteiger partial charge in [-0.3, -0.25) is 9.59 Å². The third kappa shape index (κ3) is 3.85. The number of nitrogens with zero attached hydrogens (tertiary/aromatic N) is 1. The number of aryl methyl sites for hydroxylation is 2. The number of rotatable bonds is 6. The molecular weight excluding hydrogens is 380 g/mol. The SMILES string of the molecule is CCCCOC(=O)c1ccc(NC(=O)c2cn3c4c(cccc4c2=O)CCC3)cc1. The molecule has 0 saturated heterocycles. The van der Waals surface area contributed by atoms with E-state index in [1.807, 2.05) is 23.6 Å². The summed E-state index contributed by atoms with van der Waals surface area (Å²) in [4.78, 5) is 37.8. The number of carbonyl (C=O) groups excluding carboxylic acids is 2. The topological polar surface area (TPSA) is 77.4 Å². The lowest BCUT2D eigenvalue weighted by atomic mass is 9.99. The molecule has 6 nitrogen and oxygen atoms in total. The molecule has 0 radical (unpaired) electrons. The van der Waals surface area contributed by atoms with Gasteiger partial charge in [-0.05, 0) is 55.2 Å². The van der Waals surface area contributed by atoms with Gasteiger partial charge < -0.3 is 14.6 Å². The van der Waals surface area contributed by atoms with Crippen LogP contribution in [0.5, 0.6) is 0 Å². The summed E-state index contributed by atoms with van der Waals surface area (Å²) in [5, 5.41) is 3.34. The molecular formula is C24H24N2O4. The third-order valence-corrected chi connectivity index (χ3v) is 5.38. The number of para-hydroxylation sites is 1. The van der Waals surface area contributed by atoms with Crippen LogP contribution >= 0.6 is 0 Å². The molecule has 2 aromatic carbocycles. The van der Waals surface area contributed by atoms with Gasteiger partial charge in [0, 0.05) is 23.8 Å². The van der Waals surface area contributed by atoms with Crippen LogP contribution in [-0.4, -0.2) is 23.1 Å². The van der Waals surface area contributed by atoms with Crippen LogP contribution in [0.4, 0.5) is 5.69 Å². The van der Waals surface area contributed by atoms with E-state index < -0.39 is 5.91 Å². The average molecular weight is 404 g/mol. The Labute approximate surface area is 174 Å². The Balaban J connectivity index is 1.55. The van der Waals surface area contributed by atoms with Gasteiger partial charge in [0.05, 0.1) is 17.7 Å². The Hall–Kier alpha value is -3.41. The van der Waals surface area contributed by atoms with E-state index in [1.54, 1.807) is 36.5 Å². The first-order valence-corrected chi connectivity index (χ1v) is 10.3. The first-order valence-electron chi connectivity index (χ1n) is 10.3. The molecule has 30 heavy (non-hydrogen) atoms. The van der Waals surface area contributed by atoms with Crippen molar-refractivity contribution in [3.63, 3.8) is 0 Å². The Morgan fingerprint density at radius 1 is 1.13 bits per heavy atom. The first-order chi connectivity index (χ1) is 14.6. The molecule has 4 rings (SSSR count). The molecule has 1 aliphatic heterocycles. The Morgan fingerprint density at radius 3 is 2.70 bits per heavy atom. The summed E-state index contributed by atoms with van der Waals surface area (Å²) in [5.41, 5.74) is 2.85. The quantitative estimate of drug-likeness (QED) is 0.494.